The molecule has 0 fully saturated rings. The highest BCUT2D eigenvalue weighted by Crippen LogP contribution is 2.13. The molecule has 0 aliphatic rings. The minimum atomic E-state index is -0.600. The van der Waals surface area contributed by atoms with Gasteiger partial charge in [0.1, 0.15) is 4.92 Å². The van der Waals surface area contributed by atoms with Crippen LogP contribution in [0.1, 0.15) is 5.76 Å². The zero-order valence-corrected chi connectivity index (χ0v) is 6.35. The van der Waals surface area contributed by atoms with Gasteiger partial charge in [-0.15, -0.1) is 0 Å². The maximum Gasteiger partial charge on any atom is 0.433 e. The van der Waals surface area contributed by atoms with Gasteiger partial charge in [0.05, 0.1) is 12.3 Å². The van der Waals surface area contributed by atoms with Gasteiger partial charge in [-0.3, -0.25) is 10.1 Å². The van der Waals surface area contributed by atoms with Crippen molar-refractivity contribution in [2.24, 2.45) is 5.10 Å². The molecule has 12 heavy (non-hydrogen) atoms. The van der Waals surface area contributed by atoms with Crippen LogP contribution in [0.25, 0.3) is 0 Å². The van der Waals surface area contributed by atoms with Crippen molar-refractivity contribution in [1.29, 1.82) is 0 Å². The summed E-state index contributed by atoms with van der Waals surface area (Å²) in [6.07, 6.45) is 1.35. The van der Waals surface area contributed by atoms with E-state index in [9.17, 15) is 10.1 Å². The second-order valence-corrected chi connectivity index (χ2v) is 1.91. The van der Waals surface area contributed by atoms with Crippen LogP contribution in [0, 0.1) is 10.1 Å². The number of hydrogen-bond acceptors (Lipinski definition) is 5. The lowest BCUT2D eigenvalue weighted by Gasteiger charge is -1.84. The van der Waals surface area contributed by atoms with Crippen LogP contribution in [0.2, 0.25) is 0 Å². The molecule has 0 radical (unpaired) electrons. The SMILES string of the molecule is CNN=Cc1ccc([N+](=O)[O-])o1. The summed E-state index contributed by atoms with van der Waals surface area (Å²) < 4.78 is 4.76. The standard InChI is InChI=1S/C6H7N3O3/c1-7-8-4-5-2-3-6(12-5)9(10)11/h2-4,7H,1H3. The fourth-order valence-electron chi connectivity index (χ4n) is 0.638. The van der Waals surface area contributed by atoms with E-state index in [0.29, 0.717) is 5.76 Å². The number of nitro groups is 1. The van der Waals surface area contributed by atoms with Crippen molar-refractivity contribution in [3.63, 3.8) is 0 Å². The fraction of sp³-hybridized carbons (Fsp3) is 0.167. The van der Waals surface area contributed by atoms with E-state index in [0.717, 1.165) is 0 Å². The molecule has 1 N–H and O–H groups in total. The van der Waals surface area contributed by atoms with Crippen LogP contribution in [-0.4, -0.2) is 18.2 Å². The average molecular weight is 169 g/mol. The Hall–Kier alpha value is -1.85. The molecule has 0 saturated carbocycles. The van der Waals surface area contributed by atoms with E-state index in [1.165, 1.54) is 18.3 Å². The molecule has 64 valence electrons. The predicted octanol–water partition coefficient (Wildman–Crippen LogP) is 0.741. The molecular weight excluding hydrogens is 162 g/mol. The van der Waals surface area contributed by atoms with Gasteiger partial charge >= 0.3 is 5.88 Å². The van der Waals surface area contributed by atoms with Gasteiger partial charge in [-0.2, -0.15) is 5.10 Å². The minimum absolute atomic E-state index is 0.285. The Morgan fingerprint density at radius 2 is 2.50 bits per heavy atom. The number of nitrogens with zero attached hydrogens (tertiary/aromatic N) is 2. The van der Waals surface area contributed by atoms with Crippen molar-refractivity contribution in [2.45, 2.75) is 0 Å². The second-order valence-electron chi connectivity index (χ2n) is 1.91. The molecule has 1 aromatic rings. The lowest BCUT2D eigenvalue weighted by atomic mass is 10.5. The van der Waals surface area contributed by atoms with E-state index in [4.69, 9.17) is 4.42 Å². The molecular formula is C6H7N3O3. The van der Waals surface area contributed by atoms with Crippen LogP contribution >= 0.6 is 0 Å². The number of nitrogens with one attached hydrogen (secondary N) is 1. The Labute approximate surface area is 68.0 Å². The van der Waals surface area contributed by atoms with Crippen LogP contribution in [0.15, 0.2) is 21.7 Å². The summed E-state index contributed by atoms with van der Waals surface area (Å²) in [5, 5.41) is 13.8. The third-order valence-electron chi connectivity index (χ3n) is 1.11. The molecule has 0 saturated heterocycles. The van der Waals surface area contributed by atoms with Gasteiger partial charge in [0.25, 0.3) is 0 Å². The highest BCUT2D eigenvalue weighted by Gasteiger charge is 2.09. The zero-order chi connectivity index (χ0) is 8.97. The summed E-state index contributed by atoms with van der Waals surface area (Å²) in [5.41, 5.74) is 2.49. The van der Waals surface area contributed by atoms with Crippen molar-refractivity contribution in [2.75, 3.05) is 7.05 Å². The molecule has 1 aromatic heterocycles. The normalized spacial score (nSPS) is 10.4. The molecule has 6 nitrogen and oxygen atoms in total. The lowest BCUT2D eigenvalue weighted by Crippen LogP contribution is -1.93. The maximum atomic E-state index is 10.1. The van der Waals surface area contributed by atoms with Gasteiger partial charge in [0.2, 0.25) is 0 Å². The highest BCUT2D eigenvalue weighted by molar-refractivity contribution is 5.75. The highest BCUT2D eigenvalue weighted by atomic mass is 16.6. The Bertz CT molecular complexity index is 305. The fourth-order valence-corrected chi connectivity index (χ4v) is 0.638. The molecule has 1 heterocycles. The Morgan fingerprint density at radius 1 is 1.75 bits per heavy atom. The molecule has 6 heteroatoms. The number of furan rings is 1. The van der Waals surface area contributed by atoms with Crippen molar-refractivity contribution < 1.29 is 9.34 Å². The van der Waals surface area contributed by atoms with Gasteiger partial charge in [0, 0.05) is 7.05 Å². The largest absolute Gasteiger partial charge is 0.433 e. The molecule has 0 atom stereocenters. The first kappa shape index (κ1) is 8.25. The first-order valence-corrected chi connectivity index (χ1v) is 3.18. The van der Waals surface area contributed by atoms with Gasteiger partial charge in [-0.1, -0.05) is 0 Å². The van der Waals surface area contributed by atoms with Crippen LogP contribution in [-0.2, 0) is 0 Å². The molecule has 0 aliphatic carbocycles. The summed E-state index contributed by atoms with van der Waals surface area (Å²) >= 11 is 0. The molecule has 0 spiro atoms. The molecule has 0 unspecified atom stereocenters. The maximum absolute atomic E-state index is 10.1. The number of hydrogen-bond donors (Lipinski definition) is 1. The van der Waals surface area contributed by atoms with Crippen LogP contribution in [0.3, 0.4) is 0 Å². The Morgan fingerprint density at radius 3 is 3.00 bits per heavy atom. The van der Waals surface area contributed by atoms with Gasteiger partial charge in [-0.25, -0.2) is 0 Å². The minimum Gasteiger partial charge on any atom is -0.400 e. The monoisotopic (exact) mass is 169 g/mol. The van der Waals surface area contributed by atoms with E-state index in [1.807, 2.05) is 0 Å². The average Bonchev–Trinajstić information content (AvgIpc) is 2.48. The van der Waals surface area contributed by atoms with Crippen LogP contribution in [0.4, 0.5) is 5.88 Å². The first-order chi connectivity index (χ1) is 5.74. The van der Waals surface area contributed by atoms with Crippen molar-refractivity contribution in [3.05, 3.63) is 28.0 Å². The van der Waals surface area contributed by atoms with Crippen molar-refractivity contribution in [1.82, 2.24) is 5.43 Å². The smallest absolute Gasteiger partial charge is 0.400 e. The third-order valence-corrected chi connectivity index (χ3v) is 1.11. The number of hydrazone groups is 1. The van der Waals surface area contributed by atoms with E-state index >= 15 is 0 Å². The van der Waals surface area contributed by atoms with Gasteiger partial charge < -0.3 is 9.84 Å². The first-order valence-electron chi connectivity index (χ1n) is 3.18. The van der Waals surface area contributed by atoms with Gasteiger partial charge in [-0.05, 0) is 6.07 Å². The quantitative estimate of drug-likeness (QED) is 0.411. The zero-order valence-electron chi connectivity index (χ0n) is 6.35. The van der Waals surface area contributed by atoms with E-state index in [-0.39, 0.29) is 5.88 Å². The summed E-state index contributed by atoms with van der Waals surface area (Å²) in [6.45, 7) is 0. The molecule has 0 aromatic carbocycles. The number of rotatable bonds is 3. The van der Waals surface area contributed by atoms with Gasteiger partial charge in [0.15, 0.2) is 5.76 Å². The Balaban J connectivity index is 2.77. The Kier molecular flexibility index (Phi) is 2.42. The molecule has 0 bridgehead atoms. The van der Waals surface area contributed by atoms with E-state index in [2.05, 4.69) is 10.5 Å². The van der Waals surface area contributed by atoms with Crippen LogP contribution < -0.4 is 5.43 Å². The summed E-state index contributed by atoms with van der Waals surface area (Å²) in [6, 6.07) is 2.75. The molecule has 0 aliphatic heterocycles. The van der Waals surface area contributed by atoms with E-state index < -0.39 is 4.92 Å². The topological polar surface area (TPSA) is 80.7 Å². The van der Waals surface area contributed by atoms with Crippen molar-refractivity contribution >= 4 is 12.1 Å². The van der Waals surface area contributed by atoms with Crippen molar-refractivity contribution in [3.8, 4) is 0 Å². The van der Waals surface area contributed by atoms with E-state index in [1.54, 1.807) is 7.05 Å². The molecule has 0 amide bonds. The van der Waals surface area contributed by atoms with Crippen LogP contribution in [0.5, 0.6) is 0 Å². The summed E-state index contributed by atoms with van der Waals surface area (Å²) in [4.78, 5) is 9.54. The summed E-state index contributed by atoms with van der Waals surface area (Å²) in [5.74, 6) is 0.0589. The lowest BCUT2D eigenvalue weighted by molar-refractivity contribution is -0.402. The predicted molar refractivity (Wildman–Crippen MR) is 42.0 cm³/mol. The summed E-state index contributed by atoms with van der Waals surface area (Å²) in [7, 11) is 1.62. The second kappa shape index (κ2) is 3.51. The molecule has 1 rings (SSSR count). The third kappa shape index (κ3) is 1.82.